The first kappa shape index (κ1) is 13.8. The van der Waals surface area contributed by atoms with Gasteiger partial charge in [0.25, 0.3) is 0 Å². The highest BCUT2D eigenvalue weighted by molar-refractivity contribution is 7.99. The van der Waals surface area contributed by atoms with E-state index in [1.807, 2.05) is 13.8 Å². The van der Waals surface area contributed by atoms with E-state index in [0.717, 1.165) is 16.2 Å². The summed E-state index contributed by atoms with van der Waals surface area (Å²) >= 11 is 1.57. The average molecular weight is 255 g/mol. The number of hydrogen-bond donors (Lipinski definition) is 0. The maximum absolute atomic E-state index is 11.8. The number of rotatable bonds is 5. The SMILES string of the molecule is CCOC(=O)c1ncc(OC)c(C)c1SCC. The average Bonchev–Trinajstić information content (AvgIpc) is 2.32. The number of nitrogens with zero attached hydrogens (tertiary/aromatic N) is 1. The van der Waals surface area contributed by atoms with E-state index >= 15 is 0 Å². The molecule has 0 N–H and O–H groups in total. The fraction of sp³-hybridized carbons (Fsp3) is 0.500. The number of hydrogen-bond acceptors (Lipinski definition) is 5. The Morgan fingerprint density at radius 2 is 2.18 bits per heavy atom. The monoisotopic (exact) mass is 255 g/mol. The van der Waals surface area contributed by atoms with Crippen molar-refractivity contribution < 1.29 is 14.3 Å². The summed E-state index contributed by atoms with van der Waals surface area (Å²) in [6, 6.07) is 0. The highest BCUT2D eigenvalue weighted by atomic mass is 32.2. The number of ether oxygens (including phenoxy) is 2. The molecule has 0 aliphatic carbocycles. The van der Waals surface area contributed by atoms with Crippen molar-refractivity contribution in [1.29, 1.82) is 0 Å². The quantitative estimate of drug-likeness (QED) is 0.598. The fourth-order valence-corrected chi connectivity index (χ4v) is 2.32. The summed E-state index contributed by atoms with van der Waals surface area (Å²) in [6.07, 6.45) is 1.56. The van der Waals surface area contributed by atoms with Gasteiger partial charge in [0.05, 0.1) is 19.9 Å². The number of esters is 1. The van der Waals surface area contributed by atoms with Gasteiger partial charge >= 0.3 is 5.97 Å². The van der Waals surface area contributed by atoms with E-state index in [0.29, 0.717) is 18.1 Å². The third-order valence-electron chi connectivity index (χ3n) is 2.21. The summed E-state index contributed by atoms with van der Waals surface area (Å²) in [5, 5.41) is 0. The molecule has 4 nitrogen and oxygen atoms in total. The normalized spacial score (nSPS) is 10.1. The van der Waals surface area contributed by atoms with Crippen molar-refractivity contribution >= 4 is 17.7 Å². The van der Waals surface area contributed by atoms with E-state index in [9.17, 15) is 4.79 Å². The Bertz CT molecular complexity index is 407. The number of methoxy groups -OCH3 is 1. The zero-order chi connectivity index (χ0) is 12.8. The van der Waals surface area contributed by atoms with Gasteiger partial charge in [-0.2, -0.15) is 0 Å². The number of carbonyl (C=O) groups is 1. The van der Waals surface area contributed by atoms with Gasteiger partial charge in [-0.15, -0.1) is 11.8 Å². The standard InChI is InChI=1S/C12H17NO3S/c1-5-16-12(14)10-11(17-6-2)8(3)9(15-4)7-13-10/h7H,5-6H2,1-4H3. The van der Waals surface area contributed by atoms with Crippen molar-refractivity contribution in [1.82, 2.24) is 4.98 Å². The lowest BCUT2D eigenvalue weighted by molar-refractivity contribution is 0.0514. The Morgan fingerprint density at radius 1 is 1.47 bits per heavy atom. The van der Waals surface area contributed by atoms with Gasteiger partial charge in [0.2, 0.25) is 0 Å². The molecule has 0 bridgehead atoms. The molecule has 1 rings (SSSR count). The third-order valence-corrected chi connectivity index (χ3v) is 3.29. The molecular weight excluding hydrogens is 238 g/mol. The lowest BCUT2D eigenvalue weighted by Gasteiger charge is -2.12. The van der Waals surface area contributed by atoms with Crippen LogP contribution in [-0.2, 0) is 4.74 Å². The van der Waals surface area contributed by atoms with Gasteiger partial charge in [-0.25, -0.2) is 9.78 Å². The number of pyridine rings is 1. The molecule has 0 fully saturated rings. The van der Waals surface area contributed by atoms with Gasteiger partial charge in [-0.05, 0) is 19.6 Å². The van der Waals surface area contributed by atoms with Crippen LogP contribution in [0.3, 0.4) is 0 Å². The van der Waals surface area contributed by atoms with Gasteiger partial charge < -0.3 is 9.47 Å². The molecule has 0 aliphatic heterocycles. The zero-order valence-corrected chi connectivity index (χ0v) is 11.4. The van der Waals surface area contributed by atoms with E-state index < -0.39 is 0 Å². The van der Waals surface area contributed by atoms with Gasteiger partial charge in [-0.3, -0.25) is 0 Å². The molecule has 0 aromatic carbocycles. The van der Waals surface area contributed by atoms with Crippen molar-refractivity contribution in [2.24, 2.45) is 0 Å². The van der Waals surface area contributed by atoms with Crippen LogP contribution in [-0.4, -0.2) is 30.4 Å². The van der Waals surface area contributed by atoms with Crippen LogP contribution in [0, 0.1) is 6.92 Å². The smallest absolute Gasteiger partial charge is 0.358 e. The molecule has 0 aliphatic rings. The lowest BCUT2D eigenvalue weighted by Crippen LogP contribution is -2.10. The molecule has 94 valence electrons. The highest BCUT2D eigenvalue weighted by Crippen LogP contribution is 2.31. The molecule has 0 saturated heterocycles. The topological polar surface area (TPSA) is 48.4 Å². The molecule has 0 spiro atoms. The van der Waals surface area contributed by atoms with Crippen molar-refractivity contribution in [3.8, 4) is 5.75 Å². The Balaban J connectivity index is 3.20. The Hall–Kier alpha value is -1.23. The Morgan fingerprint density at radius 3 is 2.71 bits per heavy atom. The molecule has 17 heavy (non-hydrogen) atoms. The molecule has 0 atom stereocenters. The second-order valence-electron chi connectivity index (χ2n) is 3.28. The Kier molecular flexibility index (Phi) is 5.28. The summed E-state index contributed by atoms with van der Waals surface area (Å²) in [4.78, 5) is 16.7. The zero-order valence-electron chi connectivity index (χ0n) is 10.6. The van der Waals surface area contributed by atoms with Gasteiger partial charge in [0.15, 0.2) is 5.69 Å². The van der Waals surface area contributed by atoms with E-state index in [4.69, 9.17) is 9.47 Å². The molecule has 0 radical (unpaired) electrons. The van der Waals surface area contributed by atoms with Crippen LogP contribution < -0.4 is 4.74 Å². The van der Waals surface area contributed by atoms with Crippen molar-refractivity contribution in [3.05, 3.63) is 17.5 Å². The van der Waals surface area contributed by atoms with E-state index in [1.165, 1.54) is 0 Å². The first-order chi connectivity index (χ1) is 8.15. The maximum atomic E-state index is 11.8. The summed E-state index contributed by atoms with van der Waals surface area (Å²) in [6.45, 7) is 6.07. The Labute approximate surface area is 106 Å². The number of carbonyl (C=O) groups excluding carboxylic acids is 1. The summed E-state index contributed by atoms with van der Waals surface area (Å²) in [7, 11) is 1.59. The lowest BCUT2D eigenvalue weighted by atomic mass is 10.2. The van der Waals surface area contributed by atoms with E-state index in [1.54, 1.807) is 32.0 Å². The second-order valence-corrected chi connectivity index (χ2v) is 4.56. The summed E-state index contributed by atoms with van der Waals surface area (Å²) in [5.74, 6) is 1.17. The van der Waals surface area contributed by atoms with Crippen LogP contribution in [0.25, 0.3) is 0 Å². The minimum atomic E-state index is -0.380. The minimum Gasteiger partial charge on any atom is -0.495 e. The molecule has 1 heterocycles. The van der Waals surface area contributed by atoms with Gasteiger partial charge in [0, 0.05) is 10.5 Å². The van der Waals surface area contributed by atoms with Gasteiger partial charge in [0.1, 0.15) is 5.75 Å². The molecular formula is C12H17NO3S. The summed E-state index contributed by atoms with van der Waals surface area (Å²) in [5.41, 5.74) is 1.30. The fourth-order valence-electron chi connectivity index (χ4n) is 1.44. The molecule has 0 saturated carbocycles. The van der Waals surface area contributed by atoms with Crippen molar-refractivity contribution in [2.75, 3.05) is 19.5 Å². The van der Waals surface area contributed by atoms with Crippen LogP contribution in [0.2, 0.25) is 0 Å². The van der Waals surface area contributed by atoms with Crippen molar-refractivity contribution in [2.45, 2.75) is 25.7 Å². The maximum Gasteiger partial charge on any atom is 0.358 e. The second kappa shape index (κ2) is 6.49. The molecule has 1 aromatic rings. The summed E-state index contributed by atoms with van der Waals surface area (Å²) < 4.78 is 10.2. The predicted octanol–water partition coefficient (Wildman–Crippen LogP) is 2.69. The molecule has 1 aromatic heterocycles. The van der Waals surface area contributed by atoms with Crippen LogP contribution in [0.1, 0.15) is 29.9 Å². The first-order valence-electron chi connectivity index (χ1n) is 5.49. The van der Waals surface area contributed by atoms with E-state index in [2.05, 4.69) is 4.98 Å². The van der Waals surface area contributed by atoms with Crippen molar-refractivity contribution in [3.63, 3.8) is 0 Å². The minimum absolute atomic E-state index is 0.349. The van der Waals surface area contributed by atoms with Crippen LogP contribution in [0.5, 0.6) is 5.75 Å². The van der Waals surface area contributed by atoms with Crippen LogP contribution in [0.4, 0.5) is 0 Å². The van der Waals surface area contributed by atoms with Crippen LogP contribution in [0.15, 0.2) is 11.1 Å². The molecule has 0 amide bonds. The predicted molar refractivity (Wildman–Crippen MR) is 67.9 cm³/mol. The number of aromatic nitrogens is 1. The molecule has 5 heteroatoms. The number of thioether (sulfide) groups is 1. The molecule has 0 unspecified atom stereocenters. The third kappa shape index (κ3) is 3.12. The first-order valence-corrected chi connectivity index (χ1v) is 6.47. The van der Waals surface area contributed by atoms with Gasteiger partial charge in [-0.1, -0.05) is 6.92 Å². The highest BCUT2D eigenvalue weighted by Gasteiger charge is 2.18. The largest absolute Gasteiger partial charge is 0.495 e. The van der Waals surface area contributed by atoms with E-state index in [-0.39, 0.29) is 5.97 Å². The van der Waals surface area contributed by atoms with Crippen LogP contribution >= 0.6 is 11.8 Å².